The number of hydrogen-bond acceptors (Lipinski definition) is 3. The van der Waals surface area contributed by atoms with Gasteiger partial charge in [-0.3, -0.25) is 0 Å². The minimum Gasteiger partial charge on any atom is -0.396 e. The van der Waals surface area contributed by atoms with Crippen molar-refractivity contribution < 1.29 is 13.9 Å². The molecule has 0 saturated carbocycles. The molecule has 13 heavy (non-hydrogen) atoms. The van der Waals surface area contributed by atoms with Crippen LogP contribution in [0.2, 0.25) is 0 Å². The van der Waals surface area contributed by atoms with Crippen LogP contribution in [0.25, 0.3) is 0 Å². The van der Waals surface area contributed by atoms with Crippen molar-refractivity contribution in [1.29, 1.82) is 0 Å². The van der Waals surface area contributed by atoms with Crippen molar-refractivity contribution >= 4 is 28.3 Å². The molecule has 0 bridgehead atoms. The first-order valence-electron chi connectivity index (χ1n) is 3.39. The molecule has 0 atom stereocenters. The highest BCUT2D eigenvalue weighted by Crippen LogP contribution is 2.30. The Morgan fingerprint density at radius 2 is 2.23 bits per heavy atom. The lowest BCUT2D eigenvalue weighted by atomic mass is 10.1. The summed E-state index contributed by atoms with van der Waals surface area (Å²) in [5.74, 6) is 0. The summed E-state index contributed by atoms with van der Waals surface area (Å²) in [4.78, 5) is 3.76. The molecule has 0 fully saturated rings. The fraction of sp³-hybridized carbons (Fsp3) is 0.286. The maximum atomic E-state index is 12.4. The third-order valence-electron chi connectivity index (χ3n) is 1.58. The van der Waals surface area contributed by atoms with E-state index in [1.165, 1.54) is 6.20 Å². The topological polar surface area (TPSA) is 59.1 Å². The fourth-order valence-corrected chi connectivity index (χ4v) is 1.37. The van der Waals surface area contributed by atoms with Crippen molar-refractivity contribution in [3.63, 3.8) is 0 Å². The number of hydrogen-bond donors (Lipinski definition) is 2. The number of aliphatic hydroxyl groups excluding tert-OH is 1. The van der Waals surface area contributed by atoms with Crippen molar-refractivity contribution in [2.45, 2.75) is 13.0 Å². The van der Waals surface area contributed by atoms with Crippen LogP contribution in [0, 0.1) is 3.70 Å². The van der Waals surface area contributed by atoms with E-state index in [-0.39, 0.29) is 16.8 Å². The monoisotopic (exact) mass is 300 g/mol. The smallest absolute Gasteiger partial charge is 0.266 e. The second-order valence-electron chi connectivity index (χ2n) is 2.36. The number of aliphatic hydroxyl groups is 1. The molecule has 0 aromatic carbocycles. The summed E-state index contributed by atoms with van der Waals surface area (Å²) < 4.78 is 25.2. The van der Waals surface area contributed by atoms with Gasteiger partial charge >= 0.3 is 0 Å². The number of nitrogens with two attached hydrogens (primary N) is 1. The van der Waals surface area contributed by atoms with E-state index in [0.29, 0.717) is 3.70 Å². The zero-order valence-corrected chi connectivity index (χ0v) is 8.62. The van der Waals surface area contributed by atoms with Gasteiger partial charge in [0.2, 0.25) is 0 Å². The maximum absolute atomic E-state index is 12.4. The van der Waals surface area contributed by atoms with E-state index in [4.69, 9.17) is 10.8 Å². The van der Waals surface area contributed by atoms with E-state index in [0.717, 1.165) is 0 Å². The molecule has 1 rings (SSSR count). The molecule has 0 aliphatic carbocycles. The average Bonchev–Trinajstić information content (AvgIpc) is 2.08. The minimum atomic E-state index is -2.68. The zero-order valence-electron chi connectivity index (χ0n) is 6.47. The van der Waals surface area contributed by atoms with E-state index in [2.05, 4.69) is 4.98 Å². The van der Waals surface area contributed by atoms with Crippen LogP contribution in [0.15, 0.2) is 6.20 Å². The van der Waals surface area contributed by atoms with Crippen molar-refractivity contribution in [2.24, 2.45) is 0 Å². The summed E-state index contributed by atoms with van der Waals surface area (Å²) in [6.07, 6.45) is -1.47. The van der Waals surface area contributed by atoms with Gasteiger partial charge in [0.05, 0.1) is 17.9 Å². The molecule has 0 spiro atoms. The summed E-state index contributed by atoms with van der Waals surface area (Å²) >= 11 is 1.77. The predicted octanol–water partition coefficient (Wildman–Crippen LogP) is 1.70. The van der Waals surface area contributed by atoms with E-state index < -0.39 is 13.0 Å². The van der Waals surface area contributed by atoms with Gasteiger partial charge < -0.3 is 10.8 Å². The van der Waals surface area contributed by atoms with Gasteiger partial charge in [-0.05, 0) is 22.6 Å². The van der Waals surface area contributed by atoms with E-state index in [1.54, 1.807) is 22.6 Å². The Morgan fingerprint density at radius 1 is 1.62 bits per heavy atom. The van der Waals surface area contributed by atoms with Crippen LogP contribution in [0.3, 0.4) is 0 Å². The van der Waals surface area contributed by atoms with Crippen molar-refractivity contribution in [1.82, 2.24) is 4.98 Å². The molecule has 0 aliphatic rings. The third-order valence-corrected chi connectivity index (χ3v) is 2.44. The number of anilines is 1. The lowest BCUT2D eigenvalue weighted by Crippen LogP contribution is -2.05. The molecular formula is C7H7F2IN2O. The molecule has 0 aliphatic heterocycles. The maximum Gasteiger partial charge on any atom is 0.266 e. The molecule has 6 heteroatoms. The van der Waals surface area contributed by atoms with Crippen LogP contribution in [-0.4, -0.2) is 10.1 Å². The van der Waals surface area contributed by atoms with Crippen LogP contribution >= 0.6 is 22.6 Å². The molecule has 0 unspecified atom stereocenters. The van der Waals surface area contributed by atoms with Crippen LogP contribution in [0.5, 0.6) is 0 Å². The second-order valence-corrected chi connectivity index (χ2v) is 3.38. The molecule has 72 valence electrons. The number of aromatic nitrogens is 1. The summed E-state index contributed by atoms with van der Waals surface area (Å²) in [6, 6.07) is 0. The molecule has 0 amide bonds. The highest BCUT2D eigenvalue weighted by atomic mass is 127. The minimum absolute atomic E-state index is 0.0536. The molecule has 3 nitrogen and oxygen atoms in total. The van der Waals surface area contributed by atoms with E-state index >= 15 is 0 Å². The van der Waals surface area contributed by atoms with E-state index in [9.17, 15) is 8.78 Å². The average molecular weight is 300 g/mol. The van der Waals surface area contributed by atoms with Gasteiger partial charge in [0.15, 0.2) is 0 Å². The lowest BCUT2D eigenvalue weighted by molar-refractivity contribution is 0.147. The Bertz CT molecular complexity index is 320. The van der Waals surface area contributed by atoms with Gasteiger partial charge in [0, 0.05) is 11.8 Å². The van der Waals surface area contributed by atoms with Crippen LogP contribution in [0.1, 0.15) is 17.6 Å². The van der Waals surface area contributed by atoms with Crippen molar-refractivity contribution in [3.8, 4) is 0 Å². The van der Waals surface area contributed by atoms with Crippen LogP contribution in [0.4, 0.5) is 14.5 Å². The highest BCUT2D eigenvalue weighted by molar-refractivity contribution is 14.1. The highest BCUT2D eigenvalue weighted by Gasteiger charge is 2.18. The lowest BCUT2D eigenvalue weighted by Gasteiger charge is -2.09. The number of alkyl halides is 2. The van der Waals surface area contributed by atoms with Crippen LogP contribution in [-0.2, 0) is 6.61 Å². The van der Waals surface area contributed by atoms with Gasteiger partial charge in [-0.25, -0.2) is 13.8 Å². The number of nitrogen functional groups attached to an aromatic ring is 1. The largest absolute Gasteiger partial charge is 0.396 e. The Morgan fingerprint density at radius 3 is 2.69 bits per heavy atom. The van der Waals surface area contributed by atoms with Gasteiger partial charge in [0.25, 0.3) is 6.43 Å². The normalized spacial score (nSPS) is 10.8. The first kappa shape index (κ1) is 10.6. The number of pyridine rings is 1. The first-order chi connectivity index (χ1) is 6.07. The Kier molecular flexibility index (Phi) is 3.37. The van der Waals surface area contributed by atoms with Gasteiger partial charge in [-0.1, -0.05) is 0 Å². The van der Waals surface area contributed by atoms with Gasteiger partial charge in [0.1, 0.15) is 3.70 Å². The molecule has 1 heterocycles. The zero-order chi connectivity index (χ0) is 10.0. The number of rotatable bonds is 2. The summed E-state index contributed by atoms with van der Waals surface area (Å²) in [5.41, 5.74) is 5.10. The van der Waals surface area contributed by atoms with Gasteiger partial charge in [-0.15, -0.1) is 0 Å². The Balaban J connectivity index is 3.32. The summed E-state index contributed by atoms with van der Waals surface area (Å²) in [6.45, 7) is -0.478. The Hall–Kier alpha value is -0.500. The van der Waals surface area contributed by atoms with Crippen molar-refractivity contribution in [2.75, 3.05) is 5.73 Å². The molecule has 0 saturated heterocycles. The number of nitrogens with zero attached hydrogens (tertiary/aromatic N) is 1. The predicted molar refractivity (Wildman–Crippen MR) is 52.2 cm³/mol. The molecule has 1 aromatic rings. The third kappa shape index (κ3) is 2.05. The van der Waals surface area contributed by atoms with Gasteiger partial charge in [-0.2, -0.15) is 0 Å². The summed E-state index contributed by atoms with van der Waals surface area (Å²) in [5, 5.41) is 8.75. The first-order valence-corrected chi connectivity index (χ1v) is 4.47. The Labute approximate surface area is 87.1 Å². The SMILES string of the molecule is Nc1c(I)ncc(CO)c1C(F)F. The standard InChI is InChI=1S/C7H7F2IN2O/c8-6(9)4-3(2-13)1-12-7(10)5(4)11/h1,6,13H,2,11H2. The molecule has 0 radical (unpaired) electrons. The van der Waals surface area contributed by atoms with Crippen LogP contribution < -0.4 is 5.73 Å². The summed E-state index contributed by atoms with van der Waals surface area (Å²) in [7, 11) is 0. The number of halogens is 3. The van der Waals surface area contributed by atoms with Crippen molar-refractivity contribution in [3.05, 3.63) is 21.0 Å². The molecule has 3 N–H and O–H groups in total. The quantitative estimate of drug-likeness (QED) is 0.645. The fourth-order valence-electron chi connectivity index (χ4n) is 0.941. The molecule has 1 aromatic heterocycles. The second kappa shape index (κ2) is 4.14. The molecular weight excluding hydrogens is 293 g/mol. The van der Waals surface area contributed by atoms with E-state index in [1.807, 2.05) is 0 Å².